The molecule has 0 atom stereocenters. The molecule has 0 bridgehead atoms. The van der Waals surface area contributed by atoms with Gasteiger partial charge in [0.2, 0.25) is 0 Å². The lowest BCUT2D eigenvalue weighted by Crippen LogP contribution is -2.25. The first kappa shape index (κ1) is 34.6. The molecule has 0 N–H and O–H groups in total. The van der Waals surface area contributed by atoms with E-state index >= 15 is 0 Å². The zero-order valence-electron chi connectivity index (χ0n) is 33.6. The highest BCUT2D eigenvalue weighted by molar-refractivity contribution is 6.16. The fourth-order valence-corrected chi connectivity index (χ4v) is 10.6. The topological polar surface area (TPSA) is 43.6 Å². The monoisotopic (exact) mass is 788 g/mol. The summed E-state index contributed by atoms with van der Waals surface area (Å²) in [6.45, 7) is 0. The molecule has 0 radical (unpaired) electrons. The van der Waals surface area contributed by atoms with Crippen LogP contribution in [-0.4, -0.2) is 19.5 Å². The van der Waals surface area contributed by atoms with Gasteiger partial charge in [0.05, 0.1) is 16.4 Å². The van der Waals surface area contributed by atoms with Crippen LogP contribution in [0, 0.1) is 0 Å². The second-order valence-corrected chi connectivity index (χ2v) is 16.3. The molecule has 2 aliphatic carbocycles. The molecule has 0 aliphatic heterocycles. The summed E-state index contributed by atoms with van der Waals surface area (Å²) in [7, 11) is 0. The van der Waals surface area contributed by atoms with Crippen molar-refractivity contribution in [2.24, 2.45) is 0 Å². The van der Waals surface area contributed by atoms with E-state index in [1.165, 1.54) is 66.3 Å². The average molecular weight is 789 g/mol. The zero-order valence-corrected chi connectivity index (χ0v) is 33.6. The highest BCUT2D eigenvalue weighted by atomic mass is 15.0. The molecule has 2 heterocycles. The molecule has 4 heteroatoms. The number of aromatic nitrogens is 4. The summed E-state index contributed by atoms with van der Waals surface area (Å²) in [6.07, 6.45) is 0. The van der Waals surface area contributed by atoms with E-state index in [1.54, 1.807) is 0 Å². The molecule has 4 nitrogen and oxygen atoms in total. The lowest BCUT2D eigenvalue weighted by atomic mass is 9.70. The normalized spacial score (nSPS) is 13.0. The second kappa shape index (κ2) is 13.4. The lowest BCUT2D eigenvalue weighted by molar-refractivity contribution is 0.794. The number of benzene rings is 9. The predicted molar refractivity (Wildman–Crippen MR) is 252 cm³/mol. The lowest BCUT2D eigenvalue weighted by Gasteiger charge is -2.30. The van der Waals surface area contributed by atoms with Gasteiger partial charge in [-0.3, -0.25) is 0 Å². The standard InChI is InChI=1S/C58H36N4/c1-3-18-37(19-4-1)55-59-56(38-20-5-2-6-21-38)61-57(60-55)46-28-8-7-24-41(46)39-22-17-23-40(36-39)62-52-33-16-12-27-44(52)45-34-35-51-53(54(45)62)47-29-11-15-32-50(47)58(51)48-30-13-9-25-42(48)43-26-10-14-31-49(43)58/h1-36H. The first-order valence-electron chi connectivity index (χ1n) is 21.2. The molecular weight excluding hydrogens is 753 g/mol. The van der Waals surface area contributed by atoms with Gasteiger partial charge in [-0.05, 0) is 68.3 Å². The van der Waals surface area contributed by atoms with Gasteiger partial charge >= 0.3 is 0 Å². The van der Waals surface area contributed by atoms with E-state index in [-0.39, 0.29) is 0 Å². The molecule has 288 valence electrons. The van der Waals surface area contributed by atoms with E-state index in [9.17, 15) is 0 Å². The van der Waals surface area contributed by atoms with E-state index in [0.717, 1.165) is 33.5 Å². The molecule has 2 aromatic heterocycles. The van der Waals surface area contributed by atoms with Gasteiger partial charge in [0, 0.05) is 38.7 Å². The molecule has 9 aromatic carbocycles. The highest BCUT2D eigenvalue weighted by Gasteiger charge is 2.52. The Balaban J connectivity index is 1.05. The van der Waals surface area contributed by atoms with Crippen LogP contribution in [0.15, 0.2) is 218 Å². The van der Waals surface area contributed by atoms with Crippen LogP contribution in [0.1, 0.15) is 22.3 Å². The van der Waals surface area contributed by atoms with E-state index in [4.69, 9.17) is 15.0 Å². The number of para-hydroxylation sites is 1. The summed E-state index contributed by atoms with van der Waals surface area (Å²) in [4.78, 5) is 15.3. The fourth-order valence-electron chi connectivity index (χ4n) is 10.6. The zero-order chi connectivity index (χ0) is 40.8. The third-order valence-corrected chi connectivity index (χ3v) is 13.1. The van der Waals surface area contributed by atoms with Crippen LogP contribution in [0.4, 0.5) is 0 Å². The van der Waals surface area contributed by atoms with Crippen molar-refractivity contribution in [1.29, 1.82) is 0 Å². The molecule has 0 amide bonds. The highest BCUT2D eigenvalue weighted by Crippen LogP contribution is 2.64. The molecule has 0 fully saturated rings. The van der Waals surface area contributed by atoms with Gasteiger partial charge in [0.25, 0.3) is 0 Å². The van der Waals surface area contributed by atoms with Gasteiger partial charge in [0.1, 0.15) is 0 Å². The van der Waals surface area contributed by atoms with Crippen molar-refractivity contribution >= 4 is 21.8 Å². The SMILES string of the molecule is c1ccc(-c2nc(-c3ccccc3)nc(-c3ccccc3-c3cccc(-n4c5ccccc5c5ccc6c(c54)-c4ccccc4C64c5ccccc5-c5ccccc54)c3)n2)cc1. The Labute approximate surface area is 359 Å². The maximum absolute atomic E-state index is 5.14. The molecule has 0 unspecified atom stereocenters. The Morgan fingerprint density at radius 2 is 0.823 bits per heavy atom. The van der Waals surface area contributed by atoms with E-state index < -0.39 is 5.41 Å². The summed E-state index contributed by atoms with van der Waals surface area (Å²) in [5, 5.41) is 2.47. The minimum absolute atomic E-state index is 0.433. The van der Waals surface area contributed by atoms with Crippen molar-refractivity contribution in [1.82, 2.24) is 19.5 Å². The first-order chi connectivity index (χ1) is 30.8. The Bertz CT molecular complexity index is 3480. The summed E-state index contributed by atoms with van der Waals surface area (Å²) in [5.74, 6) is 1.91. The van der Waals surface area contributed by atoms with Gasteiger partial charge in [-0.25, -0.2) is 15.0 Å². The van der Waals surface area contributed by atoms with Crippen LogP contribution in [0.25, 0.3) is 95.0 Å². The Hall–Kier alpha value is -8.21. The van der Waals surface area contributed by atoms with E-state index in [2.05, 4.69) is 187 Å². The maximum Gasteiger partial charge on any atom is 0.164 e. The number of nitrogens with zero attached hydrogens (tertiary/aromatic N) is 4. The van der Waals surface area contributed by atoms with Crippen molar-refractivity contribution in [3.8, 4) is 73.2 Å². The summed E-state index contributed by atoms with van der Waals surface area (Å²) < 4.78 is 2.50. The van der Waals surface area contributed by atoms with Gasteiger partial charge in [-0.1, -0.05) is 200 Å². The largest absolute Gasteiger partial charge is 0.309 e. The van der Waals surface area contributed by atoms with Gasteiger partial charge < -0.3 is 4.57 Å². The van der Waals surface area contributed by atoms with Crippen molar-refractivity contribution < 1.29 is 0 Å². The smallest absolute Gasteiger partial charge is 0.164 e. The quantitative estimate of drug-likeness (QED) is 0.174. The van der Waals surface area contributed by atoms with Crippen LogP contribution >= 0.6 is 0 Å². The molecule has 0 saturated carbocycles. The minimum atomic E-state index is -0.433. The van der Waals surface area contributed by atoms with Gasteiger partial charge in [-0.2, -0.15) is 0 Å². The third kappa shape index (κ3) is 4.86. The first-order valence-corrected chi connectivity index (χ1v) is 21.2. The molecule has 13 rings (SSSR count). The average Bonchev–Trinajstić information content (AvgIpc) is 3.96. The van der Waals surface area contributed by atoms with Crippen molar-refractivity contribution in [3.05, 3.63) is 241 Å². The molecular formula is C58H36N4. The maximum atomic E-state index is 5.14. The molecule has 11 aromatic rings. The number of rotatable bonds is 5. The molecule has 2 aliphatic rings. The Morgan fingerprint density at radius 3 is 1.48 bits per heavy atom. The van der Waals surface area contributed by atoms with Crippen LogP contribution in [0.5, 0.6) is 0 Å². The predicted octanol–water partition coefficient (Wildman–Crippen LogP) is 14.0. The van der Waals surface area contributed by atoms with Gasteiger partial charge in [-0.15, -0.1) is 0 Å². The Morgan fingerprint density at radius 1 is 0.323 bits per heavy atom. The van der Waals surface area contributed by atoms with Crippen LogP contribution in [-0.2, 0) is 5.41 Å². The number of hydrogen-bond donors (Lipinski definition) is 0. The minimum Gasteiger partial charge on any atom is -0.309 e. The van der Waals surface area contributed by atoms with E-state index in [0.29, 0.717) is 17.5 Å². The van der Waals surface area contributed by atoms with Crippen LogP contribution in [0.2, 0.25) is 0 Å². The van der Waals surface area contributed by atoms with Crippen molar-refractivity contribution in [2.75, 3.05) is 0 Å². The summed E-state index contributed by atoms with van der Waals surface area (Å²) in [6, 6.07) is 78.6. The van der Waals surface area contributed by atoms with Crippen LogP contribution < -0.4 is 0 Å². The summed E-state index contributed by atoms with van der Waals surface area (Å²) >= 11 is 0. The Kier molecular flexibility index (Phi) is 7.49. The van der Waals surface area contributed by atoms with E-state index in [1.807, 2.05) is 36.4 Å². The van der Waals surface area contributed by atoms with Crippen LogP contribution in [0.3, 0.4) is 0 Å². The summed E-state index contributed by atoms with van der Waals surface area (Å²) in [5.41, 5.74) is 18.5. The fraction of sp³-hybridized carbons (Fsp3) is 0.0172. The van der Waals surface area contributed by atoms with Crippen molar-refractivity contribution in [3.63, 3.8) is 0 Å². The molecule has 0 saturated heterocycles. The number of hydrogen-bond acceptors (Lipinski definition) is 3. The van der Waals surface area contributed by atoms with Crippen molar-refractivity contribution in [2.45, 2.75) is 5.41 Å². The number of fused-ring (bicyclic) bond motifs is 14. The molecule has 1 spiro atoms. The van der Waals surface area contributed by atoms with Gasteiger partial charge in [0.15, 0.2) is 17.5 Å². The molecule has 62 heavy (non-hydrogen) atoms. The second-order valence-electron chi connectivity index (χ2n) is 16.3. The third-order valence-electron chi connectivity index (χ3n) is 13.1.